The first kappa shape index (κ1) is 20.9. The number of rotatable bonds is 4. The zero-order valence-corrected chi connectivity index (χ0v) is 18.1. The maximum absolute atomic E-state index is 13.3. The van der Waals surface area contributed by atoms with Gasteiger partial charge in [0.2, 0.25) is 6.10 Å². The zero-order chi connectivity index (χ0) is 22.6. The van der Waals surface area contributed by atoms with Gasteiger partial charge in [-0.1, -0.05) is 42.5 Å². The molecule has 1 fully saturated rings. The second kappa shape index (κ2) is 9.24. The number of hydrogen-bond donors (Lipinski definition) is 1. The molecule has 0 aliphatic carbocycles. The van der Waals surface area contributed by atoms with Gasteiger partial charge in [-0.3, -0.25) is 9.59 Å². The van der Waals surface area contributed by atoms with Crippen LogP contribution in [0.3, 0.4) is 0 Å². The molecule has 1 N–H and O–H groups in total. The number of ether oxygens (including phenoxy) is 2. The second-order valence-corrected chi connectivity index (χ2v) is 8.02. The lowest BCUT2D eigenvalue weighted by molar-refractivity contribution is -0.142. The summed E-state index contributed by atoms with van der Waals surface area (Å²) in [7, 11) is 0. The van der Waals surface area contributed by atoms with Crippen molar-refractivity contribution < 1.29 is 19.1 Å². The van der Waals surface area contributed by atoms with Gasteiger partial charge in [-0.2, -0.15) is 0 Å². The highest BCUT2D eigenvalue weighted by molar-refractivity contribution is 6.00. The molecule has 0 radical (unpaired) electrons. The normalized spacial score (nSPS) is 17.4. The molecule has 3 aromatic rings. The van der Waals surface area contributed by atoms with Gasteiger partial charge in [0.05, 0.1) is 11.3 Å². The Labute approximate surface area is 192 Å². The summed E-state index contributed by atoms with van der Waals surface area (Å²) in [5.74, 6) is 1.08. The number of nitrogens with zero attached hydrogens (tertiary/aromatic N) is 2. The van der Waals surface area contributed by atoms with Crippen LogP contribution in [0.1, 0.15) is 10.4 Å². The first-order valence-electron chi connectivity index (χ1n) is 11.1. The fourth-order valence-electron chi connectivity index (χ4n) is 4.10. The van der Waals surface area contributed by atoms with Crippen molar-refractivity contribution in [1.29, 1.82) is 0 Å². The van der Waals surface area contributed by atoms with Crippen LogP contribution < -0.4 is 14.8 Å². The number of carbonyl (C=O) groups excluding carboxylic acids is 2. The summed E-state index contributed by atoms with van der Waals surface area (Å²) in [5, 5.41) is 3.33. The number of nitrogens with one attached hydrogen (secondary N) is 1. The lowest BCUT2D eigenvalue weighted by Crippen LogP contribution is -2.55. The average molecular weight is 444 g/mol. The standard InChI is InChI=1S/C26H25N3O4/c30-25(20-10-4-5-11-21(20)27-19-8-2-1-3-9-19)28-14-16-29(17-15-28)26(31)24-18-32-22-12-6-7-13-23(22)33-24/h1-13,24,27H,14-18H2/t24-/m1/s1. The topological polar surface area (TPSA) is 71.1 Å². The van der Waals surface area contributed by atoms with Crippen molar-refractivity contribution in [2.24, 2.45) is 0 Å². The summed E-state index contributed by atoms with van der Waals surface area (Å²) in [4.78, 5) is 29.8. The minimum Gasteiger partial charge on any atom is -0.485 e. The van der Waals surface area contributed by atoms with E-state index in [9.17, 15) is 9.59 Å². The first-order chi connectivity index (χ1) is 16.2. The highest BCUT2D eigenvalue weighted by atomic mass is 16.6. The molecule has 33 heavy (non-hydrogen) atoms. The van der Waals surface area contributed by atoms with Crippen LogP contribution in [0.15, 0.2) is 78.9 Å². The largest absolute Gasteiger partial charge is 0.485 e. The Kier molecular flexibility index (Phi) is 5.85. The van der Waals surface area contributed by atoms with E-state index in [2.05, 4.69) is 5.32 Å². The van der Waals surface area contributed by atoms with Gasteiger partial charge < -0.3 is 24.6 Å². The van der Waals surface area contributed by atoms with Crippen molar-refractivity contribution in [3.8, 4) is 11.5 Å². The minimum atomic E-state index is -0.669. The molecule has 1 atom stereocenters. The van der Waals surface area contributed by atoms with Gasteiger partial charge in [-0.15, -0.1) is 0 Å². The highest BCUT2D eigenvalue weighted by Gasteiger charge is 2.33. The lowest BCUT2D eigenvalue weighted by Gasteiger charge is -2.37. The molecular formula is C26H25N3O4. The monoisotopic (exact) mass is 443 g/mol. The molecular weight excluding hydrogens is 418 g/mol. The van der Waals surface area contributed by atoms with Crippen molar-refractivity contribution in [2.45, 2.75) is 6.10 Å². The van der Waals surface area contributed by atoms with E-state index in [4.69, 9.17) is 9.47 Å². The van der Waals surface area contributed by atoms with E-state index in [1.54, 1.807) is 15.9 Å². The Bertz CT molecular complexity index is 1140. The van der Waals surface area contributed by atoms with Crippen LogP contribution in [0.5, 0.6) is 11.5 Å². The molecule has 7 nitrogen and oxygen atoms in total. The van der Waals surface area contributed by atoms with Gasteiger partial charge in [0, 0.05) is 31.9 Å². The molecule has 2 aliphatic rings. The number of para-hydroxylation sites is 4. The van der Waals surface area contributed by atoms with Crippen LogP contribution in [0.25, 0.3) is 0 Å². The van der Waals surface area contributed by atoms with Crippen molar-refractivity contribution >= 4 is 23.2 Å². The van der Waals surface area contributed by atoms with E-state index in [0.29, 0.717) is 43.2 Å². The van der Waals surface area contributed by atoms with Crippen LogP contribution >= 0.6 is 0 Å². The predicted octanol–water partition coefficient (Wildman–Crippen LogP) is 3.55. The number of piperazine rings is 1. The summed E-state index contributed by atoms with van der Waals surface area (Å²) in [6, 6.07) is 24.6. The highest BCUT2D eigenvalue weighted by Crippen LogP contribution is 2.31. The minimum absolute atomic E-state index is 0.0488. The third kappa shape index (κ3) is 4.48. The number of benzene rings is 3. The van der Waals surface area contributed by atoms with Crippen LogP contribution in [-0.4, -0.2) is 60.5 Å². The molecule has 2 aliphatic heterocycles. The predicted molar refractivity (Wildman–Crippen MR) is 125 cm³/mol. The Hall–Kier alpha value is -4.00. The number of fused-ring (bicyclic) bond motifs is 1. The van der Waals surface area contributed by atoms with Crippen molar-refractivity contribution in [3.05, 3.63) is 84.4 Å². The van der Waals surface area contributed by atoms with Gasteiger partial charge in [-0.25, -0.2) is 0 Å². The fourth-order valence-corrected chi connectivity index (χ4v) is 4.10. The third-order valence-electron chi connectivity index (χ3n) is 5.87. The van der Waals surface area contributed by atoms with Crippen molar-refractivity contribution in [2.75, 3.05) is 38.1 Å². The summed E-state index contributed by atoms with van der Waals surface area (Å²) < 4.78 is 11.5. The number of carbonyl (C=O) groups is 2. The van der Waals surface area contributed by atoms with Crippen molar-refractivity contribution in [1.82, 2.24) is 9.80 Å². The molecule has 2 amide bonds. The van der Waals surface area contributed by atoms with Crippen LogP contribution in [0.4, 0.5) is 11.4 Å². The van der Waals surface area contributed by atoms with Gasteiger partial charge in [0.15, 0.2) is 11.5 Å². The van der Waals surface area contributed by atoms with Crippen LogP contribution in [-0.2, 0) is 4.79 Å². The Morgan fingerprint density at radius 3 is 2.18 bits per heavy atom. The van der Waals surface area contributed by atoms with E-state index >= 15 is 0 Å². The number of anilines is 2. The summed E-state index contributed by atoms with van der Waals surface area (Å²) in [6.07, 6.45) is -0.669. The molecule has 0 saturated carbocycles. The van der Waals surface area contributed by atoms with Gasteiger partial charge in [0.25, 0.3) is 11.8 Å². The molecule has 7 heteroatoms. The SMILES string of the molecule is O=C(c1ccccc1Nc1ccccc1)N1CCN(C(=O)[C@H]2COc3ccccc3O2)CC1. The van der Waals surface area contributed by atoms with Gasteiger partial charge >= 0.3 is 0 Å². The van der Waals surface area contributed by atoms with E-state index in [1.165, 1.54) is 0 Å². The number of amides is 2. The lowest BCUT2D eigenvalue weighted by atomic mass is 10.1. The molecule has 1 saturated heterocycles. The first-order valence-corrected chi connectivity index (χ1v) is 11.1. The van der Waals surface area contributed by atoms with E-state index in [-0.39, 0.29) is 18.4 Å². The molecule has 2 heterocycles. The average Bonchev–Trinajstić information content (AvgIpc) is 2.88. The third-order valence-corrected chi connectivity index (χ3v) is 5.87. The summed E-state index contributed by atoms with van der Waals surface area (Å²) in [6.45, 7) is 2.04. The molecule has 0 bridgehead atoms. The Morgan fingerprint density at radius 2 is 1.39 bits per heavy atom. The summed E-state index contributed by atoms with van der Waals surface area (Å²) >= 11 is 0. The smallest absolute Gasteiger partial charge is 0.267 e. The number of hydrogen-bond acceptors (Lipinski definition) is 5. The van der Waals surface area contributed by atoms with Crippen molar-refractivity contribution in [3.63, 3.8) is 0 Å². The quantitative estimate of drug-likeness (QED) is 0.668. The molecule has 168 valence electrons. The second-order valence-electron chi connectivity index (χ2n) is 8.02. The van der Waals surface area contributed by atoms with E-state index < -0.39 is 6.10 Å². The van der Waals surface area contributed by atoms with Crippen LogP contribution in [0, 0.1) is 0 Å². The van der Waals surface area contributed by atoms with Gasteiger partial charge in [0.1, 0.15) is 6.61 Å². The zero-order valence-electron chi connectivity index (χ0n) is 18.1. The van der Waals surface area contributed by atoms with E-state index in [1.807, 2.05) is 72.8 Å². The molecule has 0 spiro atoms. The maximum Gasteiger partial charge on any atom is 0.267 e. The molecule has 3 aromatic carbocycles. The Morgan fingerprint density at radius 1 is 0.758 bits per heavy atom. The van der Waals surface area contributed by atoms with E-state index in [0.717, 1.165) is 11.4 Å². The van der Waals surface area contributed by atoms with Gasteiger partial charge in [-0.05, 0) is 36.4 Å². The molecule has 0 unspecified atom stereocenters. The summed E-state index contributed by atoms with van der Waals surface area (Å²) in [5.41, 5.74) is 2.30. The Balaban J connectivity index is 1.21. The maximum atomic E-state index is 13.3. The molecule has 5 rings (SSSR count). The fraction of sp³-hybridized carbons (Fsp3) is 0.231. The van der Waals surface area contributed by atoms with Crippen LogP contribution in [0.2, 0.25) is 0 Å². The molecule has 0 aromatic heterocycles.